The van der Waals surface area contributed by atoms with Gasteiger partial charge in [-0.15, -0.1) is 0 Å². The number of pyridine rings is 1. The summed E-state index contributed by atoms with van der Waals surface area (Å²) in [7, 11) is 0. The summed E-state index contributed by atoms with van der Waals surface area (Å²) in [6.45, 7) is 5.32. The fourth-order valence-corrected chi connectivity index (χ4v) is 3.43. The number of carbonyl (C=O) groups excluding carboxylic acids is 2. The van der Waals surface area contributed by atoms with E-state index in [2.05, 4.69) is 15.4 Å². The highest BCUT2D eigenvalue weighted by Crippen LogP contribution is 2.23. The number of aromatic nitrogens is 3. The number of ether oxygens (including phenoxy) is 1. The van der Waals surface area contributed by atoms with Gasteiger partial charge in [-0.1, -0.05) is 29.8 Å². The van der Waals surface area contributed by atoms with Crippen molar-refractivity contribution in [2.75, 3.05) is 11.9 Å². The Morgan fingerprint density at radius 2 is 1.77 bits per heavy atom. The highest BCUT2D eigenvalue weighted by Gasteiger charge is 2.17. The maximum absolute atomic E-state index is 12.5. The lowest BCUT2D eigenvalue weighted by Gasteiger charge is -2.09. The van der Waals surface area contributed by atoms with Crippen LogP contribution in [0, 0.1) is 20.8 Å². The molecule has 31 heavy (non-hydrogen) atoms. The summed E-state index contributed by atoms with van der Waals surface area (Å²) in [6.07, 6.45) is 1.66. The Labute approximate surface area is 179 Å². The SMILES string of the molecule is Cc1ccc(-n2nc(C)c(NC(=O)COC(=O)c3cccc4ncccc34)c2C)cc1. The smallest absolute Gasteiger partial charge is 0.339 e. The third-order valence-corrected chi connectivity index (χ3v) is 5.03. The van der Waals surface area contributed by atoms with Gasteiger partial charge in [-0.3, -0.25) is 9.78 Å². The van der Waals surface area contributed by atoms with Crippen LogP contribution in [0.25, 0.3) is 16.6 Å². The molecule has 0 unspecified atom stereocenters. The van der Waals surface area contributed by atoms with Gasteiger partial charge in [-0.25, -0.2) is 9.48 Å². The number of fused-ring (bicyclic) bond motifs is 1. The van der Waals surface area contributed by atoms with Crippen LogP contribution >= 0.6 is 0 Å². The molecule has 0 radical (unpaired) electrons. The van der Waals surface area contributed by atoms with Gasteiger partial charge in [0, 0.05) is 11.6 Å². The highest BCUT2D eigenvalue weighted by atomic mass is 16.5. The highest BCUT2D eigenvalue weighted by molar-refractivity contribution is 6.04. The van der Waals surface area contributed by atoms with Gasteiger partial charge in [0.1, 0.15) is 0 Å². The van der Waals surface area contributed by atoms with Crippen LogP contribution in [0.1, 0.15) is 27.3 Å². The van der Waals surface area contributed by atoms with E-state index in [1.165, 1.54) is 0 Å². The number of benzene rings is 2. The van der Waals surface area contributed by atoms with Crippen molar-refractivity contribution < 1.29 is 14.3 Å². The minimum absolute atomic E-state index is 0.373. The average molecular weight is 414 g/mol. The van der Waals surface area contributed by atoms with Crippen molar-refractivity contribution in [3.8, 4) is 5.69 Å². The molecule has 0 saturated carbocycles. The molecule has 7 nitrogen and oxygen atoms in total. The van der Waals surface area contributed by atoms with Crippen molar-refractivity contribution >= 4 is 28.5 Å². The average Bonchev–Trinajstić information content (AvgIpc) is 3.06. The molecule has 0 aliphatic heterocycles. The summed E-state index contributed by atoms with van der Waals surface area (Å²) in [6, 6.07) is 16.7. The standard InChI is InChI=1S/C24H22N4O3/c1-15-9-11-18(12-10-15)28-17(3)23(16(2)27-28)26-22(29)14-31-24(30)20-6-4-8-21-19(20)7-5-13-25-21/h4-13H,14H2,1-3H3,(H,26,29). The Morgan fingerprint density at radius 3 is 2.55 bits per heavy atom. The molecule has 0 aliphatic carbocycles. The Morgan fingerprint density at radius 1 is 1.00 bits per heavy atom. The maximum atomic E-state index is 12.5. The quantitative estimate of drug-likeness (QED) is 0.496. The molecule has 1 N–H and O–H groups in total. The molecule has 156 valence electrons. The van der Waals surface area contributed by atoms with Crippen LogP contribution in [0.3, 0.4) is 0 Å². The molecule has 2 aromatic carbocycles. The van der Waals surface area contributed by atoms with Crippen LogP contribution < -0.4 is 5.32 Å². The number of carbonyl (C=O) groups is 2. The Bertz CT molecular complexity index is 1270. The van der Waals surface area contributed by atoms with Crippen LogP contribution in [0.2, 0.25) is 0 Å². The van der Waals surface area contributed by atoms with Crippen LogP contribution in [-0.2, 0) is 9.53 Å². The van der Waals surface area contributed by atoms with Crippen LogP contribution in [-0.4, -0.2) is 33.2 Å². The summed E-state index contributed by atoms with van der Waals surface area (Å²) in [5, 5.41) is 8.02. The van der Waals surface area contributed by atoms with E-state index in [1.54, 1.807) is 35.1 Å². The summed E-state index contributed by atoms with van der Waals surface area (Å²) in [5.41, 5.74) is 5.20. The van der Waals surface area contributed by atoms with E-state index in [0.29, 0.717) is 27.8 Å². The van der Waals surface area contributed by atoms with E-state index in [1.807, 2.05) is 51.1 Å². The van der Waals surface area contributed by atoms with Gasteiger partial charge in [0.15, 0.2) is 6.61 Å². The molecule has 0 fully saturated rings. The number of nitrogens with zero attached hydrogens (tertiary/aromatic N) is 3. The van der Waals surface area contributed by atoms with Crippen molar-refractivity contribution in [1.82, 2.24) is 14.8 Å². The normalized spacial score (nSPS) is 10.8. The second kappa shape index (κ2) is 8.39. The number of aryl methyl sites for hydroxylation is 2. The lowest BCUT2D eigenvalue weighted by Crippen LogP contribution is -2.21. The number of hydrogen-bond acceptors (Lipinski definition) is 5. The number of anilines is 1. The lowest BCUT2D eigenvalue weighted by atomic mass is 10.1. The zero-order chi connectivity index (χ0) is 22.0. The van der Waals surface area contributed by atoms with Gasteiger partial charge >= 0.3 is 5.97 Å². The molecule has 2 heterocycles. The van der Waals surface area contributed by atoms with E-state index < -0.39 is 18.5 Å². The van der Waals surface area contributed by atoms with E-state index in [9.17, 15) is 9.59 Å². The predicted octanol–water partition coefficient (Wildman–Crippen LogP) is 4.14. The Balaban J connectivity index is 1.45. The second-order valence-electron chi connectivity index (χ2n) is 7.29. The third kappa shape index (κ3) is 4.16. The number of esters is 1. The van der Waals surface area contributed by atoms with Gasteiger partial charge in [-0.05, 0) is 51.1 Å². The fourth-order valence-electron chi connectivity index (χ4n) is 3.43. The number of amides is 1. The molecule has 1 amide bonds. The number of rotatable bonds is 5. The first-order chi connectivity index (χ1) is 14.9. The van der Waals surface area contributed by atoms with Crippen molar-refractivity contribution in [2.24, 2.45) is 0 Å². The van der Waals surface area contributed by atoms with E-state index in [-0.39, 0.29) is 0 Å². The third-order valence-electron chi connectivity index (χ3n) is 5.03. The minimum atomic E-state index is -0.572. The molecule has 7 heteroatoms. The zero-order valence-corrected chi connectivity index (χ0v) is 17.5. The molecule has 0 saturated heterocycles. The van der Waals surface area contributed by atoms with E-state index in [4.69, 9.17) is 4.74 Å². The van der Waals surface area contributed by atoms with Crippen molar-refractivity contribution in [1.29, 1.82) is 0 Å². The van der Waals surface area contributed by atoms with Crippen molar-refractivity contribution in [3.63, 3.8) is 0 Å². The molecule has 4 rings (SSSR count). The van der Waals surface area contributed by atoms with Gasteiger partial charge in [0.25, 0.3) is 5.91 Å². The summed E-state index contributed by atoms with van der Waals surface area (Å²) in [5.74, 6) is -1.00. The van der Waals surface area contributed by atoms with Crippen LogP contribution in [0.4, 0.5) is 5.69 Å². The van der Waals surface area contributed by atoms with Crippen molar-refractivity contribution in [2.45, 2.75) is 20.8 Å². The topological polar surface area (TPSA) is 86.1 Å². The minimum Gasteiger partial charge on any atom is -0.452 e. The molecule has 0 aliphatic rings. The van der Waals surface area contributed by atoms with Gasteiger partial charge in [-0.2, -0.15) is 5.10 Å². The zero-order valence-electron chi connectivity index (χ0n) is 17.5. The number of hydrogen-bond donors (Lipinski definition) is 1. The van der Waals surface area contributed by atoms with Gasteiger partial charge in [0.2, 0.25) is 0 Å². The number of nitrogens with one attached hydrogen (secondary N) is 1. The molecule has 0 spiro atoms. The first kappa shape index (κ1) is 20.3. The summed E-state index contributed by atoms with van der Waals surface area (Å²) < 4.78 is 7.03. The first-order valence-electron chi connectivity index (χ1n) is 9.88. The summed E-state index contributed by atoms with van der Waals surface area (Å²) in [4.78, 5) is 29.2. The predicted molar refractivity (Wildman–Crippen MR) is 118 cm³/mol. The van der Waals surface area contributed by atoms with Gasteiger partial charge in [0.05, 0.1) is 33.8 Å². The largest absolute Gasteiger partial charge is 0.452 e. The second-order valence-corrected chi connectivity index (χ2v) is 7.29. The lowest BCUT2D eigenvalue weighted by molar-refractivity contribution is -0.119. The summed E-state index contributed by atoms with van der Waals surface area (Å²) >= 11 is 0. The Kier molecular flexibility index (Phi) is 5.49. The fraction of sp³-hybridized carbons (Fsp3) is 0.167. The molecule has 4 aromatic rings. The first-order valence-corrected chi connectivity index (χ1v) is 9.88. The van der Waals surface area contributed by atoms with E-state index >= 15 is 0 Å². The molecular weight excluding hydrogens is 392 g/mol. The molecule has 2 aromatic heterocycles. The van der Waals surface area contributed by atoms with Crippen LogP contribution in [0.5, 0.6) is 0 Å². The molecule has 0 bridgehead atoms. The van der Waals surface area contributed by atoms with Crippen LogP contribution in [0.15, 0.2) is 60.8 Å². The molecular formula is C24H22N4O3. The maximum Gasteiger partial charge on any atom is 0.339 e. The van der Waals surface area contributed by atoms with Crippen molar-refractivity contribution in [3.05, 3.63) is 83.3 Å². The van der Waals surface area contributed by atoms with Gasteiger partial charge < -0.3 is 10.1 Å². The van der Waals surface area contributed by atoms with E-state index in [0.717, 1.165) is 16.9 Å². The Hall–Kier alpha value is -4.00. The monoisotopic (exact) mass is 414 g/mol. The molecule has 0 atom stereocenters.